The molecule has 0 saturated carbocycles. The van der Waals surface area contributed by atoms with E-state index in [1.165, 1.54) is 11.3 Å². The van der Waals surface area contributed by atoms with E-state index >= 15 is 0 Å². The lowest BCUT2D eigenvalue weighted by atomic mass is 10.1. The molecular formula is C12H18N2O2. The fourth-order valence-electron chi connectivity index (χ4n) is 1.32. The summed E-state index contributed by atoms with van der Waals surface area (Å²) in [6, 6.07) is 8.23. The SMILES string of the molecule is CN(C)c1ccc(CCOCC(N)=O)cc1. The smallest absolute Gasteiger partial charge is 0.243 e. The van der Waals surface area contributed by atoms with Crippen molar-refractivity contribution in [3.05, 3.63) is 29.8 Å². The summed E-state index contributed by atoms with van der Waals surface area (Å²) in [5.41, 5.74) is 7.31. The molecule has 1 aromatic carbocycles. The predicted octanol–water partition coefficient (Wildman–Crippen LogP) is 0.797. The monoisotopic (exact) mass is 222 g/mol. The molecule has 0 saturated heterocycles. The zero-order valence-electron chi connectivity index (χ0n) is 9.77. The Morgan fingerprint density at radius 2 is 1.94 bits per heavy atom. The molecule has 0 fully saturated rings. The second-order valence-corrected chi connectivity index (χ2v) is 3.83. The second kappa shape index (κ2) is 6.12. The summed E-state index contributed by atoms with van der Waals surface area (Å²) < 4.78 is 5.09. The second-order valence-electron chi connectivity index (χ2n) is 3.83. The Morgan fingerprint density at radius 3 is 2.44 bits per heavy atom. The van der Waals surface area contributed by atoms with E-state index in [9.17, 15) is 4.79 Å². The zero-order chi connectivity index (χ0) is 12.0. The van der Waals surface area contributed by atoms with Gasteiger partial charge in [-0.05, 0) is 24.1 Å². The highest BCUT2D eigenvalue weighted by Gasteiger charge is 1.98. The highest BCUT2D eigenvalue weighted by atomic mass is 16.5. The number of hydrogen-bond donors (Lipinski definition) is 1. The summed E-state index contributed by atoms with van der Waals surface area (Å²) in [4.78, 5) is 12.5. The van der Waals surface area contributed by atoms with Gasteiger partial charge in [0, 0.05) is 19.8 Å². The third kappa shape index (κ3) is 4.31. The van der Waals surface area contributed by atoms with Crippen LogP contribution in [0.3, 0.4) is 0 Å². The van der Waals surface area contributed by atoms with E-state index in [0.717, 1.165) is 6.42 Å². The van der Waals surface area contributed by atoms with Crippen molar-refractivity contribution in [2.45, 2.75) is 6.42 Å². The number of carbonyl (C=O) groups excluding carboxylic acids is 1. The van der Waals surface area contributed by atoms with Crippen LogP contribution in [0.1, 0.15) is 5.56 Å². The fraction of sp³-hybridized carbons (Fsp3) is 0.417. The van der Waals surface area contributed by atoms with Gasteiger partial charge in [0.15, 0.2) is 0 Å². The Morgan fingerprint density at radius 1 is 1.31 bits per heavy atom. The first-order chi connectivity index (χ1) is 7.59. The molecule has 1 rings (SSSR count). The van der Waals surface area contributed by atoms with E-state index in [2.05, 4.69) is 24.3 Å². The number of benzene rings is 1. The minimum absolute atomic E-state index is 0.00419. The number of anilines is 1. The summed E-state index contributed by atoms with van der Waals surface area (Å²) in [6.45, 7) is 0.514. The van der Waals surface area contributed by atoms with E-state index in [0.29, 0.717) is 6.61 Å². The van der Waals surface area contributed by atoms with Gasteiger partial charge in [-0.1, -0.05) is 12.1 Å². The predicted molar refractivity (Wildman–Crippen MR) is 64.5 cm³/mol. The standard InChI is InChI=1S/C12H18N2O2/c1-14(2)11-5-3-10(4-6-11)7-8-16-9-12(13)15/h3-6H,7-9H2,1-2H3,(H2,13,15). The Balaban J connectivity index is 2.35. The molecule has 1 amide bonds. The van der Waals surface area contributed by atoms with Crippen LogP contribution in [0.2, 0.25) is 0 Å². The van der Waals surface area contributed by atoms with Gasteiger partial charge in [-0.3, -0.25) is 4.79 Å². The Hall–Kier alpha value is -1.55. The molecule has 4 nitrogen and oxygen atoms in total. The molecular weight excluding hydrogens is 204 g/mol. The molecule has 1 aromatic rings. The van der Waals surface area contributed by atoms with Crippen molar-refractivity contribution in [2.75, 3.05) is 32.2 Å². The maximum atomic E-state index is 10.4. The Kier molecular flexibility index (Phi) is 4.79. The molecule has 0 unspecified atom stereocenters. The van der Waals surface area contributed by atoms with E-state index in [-0.39, 0.29) is 6.61 Å². The number of hydrogen-bond acceptors (Lipinski definition) is 3. The fourth-order valence-corrected chi connectivity index (χ4v) is 1.32. The first kappa shape index (κ1) is 12.5. The molecule has 0 heterocycles. The van der Waals surface area contributed by atoms with E-state index in [4.69, 9.17) is 10.5 Å². The van der Waals surface area contributed by atoms with Crippen LogP contribution >= 0.6 is 0 Å². The van der Waals surface area contributed by atoms with Crippen molar-refractivity contribution in [1.82, 2.24) is 0 Å². The quantitative estimate of drug-likeness (QED) is 0.724. The minimum atomic E-state index is -0.428. The van der Waals surface area contributed by atoms with Crippen LogP contribution in [0.25, 0.3) is 0 Å². The minimum Gasteiger partial charge on any atom is -0.378 e. The number of carbonyl (C=O) groups is 1. The maximum absolute atomic E-state index is 10.4. The number of primary amides is 1. The summed E-state index contributed by atoms with van der Waals surface area (Å²) in [5, 5.41) is 0. The van der Waals surface area contributed by atoms with Crippen LogP contribution in [0.15, 0.2) is 24.3 Å². The van der Waals surface area contributed by atoms with E-state index < -0.39 is 5.91 Å². The summed E-state index contributed by atoms with van der Waals surface area (Å²) in [7, 11) is 4.01. The van der Waals surface area contributed by atoms with Crippen molar-refractivity contribution >= 4 is 11.6 Å². The number of rotatable bonds is 6. The highest BCUT2D eigenvalue weighted by molar-refractivity contribution is 5.74. The molecule has 0 radical (unpaired) electrons. The molecule has 16 heavy (non-hydrogen) atoms. The molecule has 0 aliphatic carbocycles. The van der Waals surface area contributed by atoms with Crippen LogP contribution in [0.5, 0.6) is 0 Å². The van der Waals surface area contributed by atoms with Gasteiger partial charge in [-0.25, -0.2) is 0 Å². The Labute approximate surface area is 96.0 Å². The van der Waals surface area contributed by atoms with Gasteiger partial charge in [0.1, 0.15) is 6.61 Å². The van der Waals surface area contributed by atoms with Gasteiger partial charge < -0.3 is 15.4 Å². The van der Waals surface area contributed by atoms with Gasteiger partial charge in [0.2, 0.25) is 5.91 Å². The molecule has 0 bridgehead atoms. The van der Waals surface area contributed by atoms with Gasteiger partial charge in [0.05, 0.1) is 6.61 Å². The largest absolute Gasteiger partial charge is 0.378 e. The van der Waals surface area contributed by atoms with E-state index in [1.54, 1.807) is 0 Å². The van der Waals surface area contributed by atoms with Crippen LogP contribution in [-0.4, -0.2) is 33.2 Å². The average molecular weight is 222 g/mol. The molecule has 88 valence electrons. The first-order valence-electron chi connectivity index (χ1n) is 5.22. The molecule has 2 N–H and O–H groups in total. The van der Waals surface area contributed by atoms with Crippen LogP contribution in [0, 0.1) is 0 Å². The average Bonchev–Trinajstić information content (AvgIpc) is 2.25. The summed E-state index contributed by atoms with van der Waals surface area (Å²) in [6.07, 6.45) is 0.793. The molecule has 0 aliphatic rings. The molecule has 0 aliphatic heterocycles. The van der Waals surface area contributed by atoms with Crippen molar-refractivity contribution in [1.29, 1.82) is 0 Å². The summed E-state index contributed by atoms with van der Waals surface area (Å²) >= 11 is 0. The topological polar surface area (TPSA) is 55.6 Å². The van der Waals surface area contributed by atoms with E-state index in [1.807, 2.05) is 19.0 Å². The first-order valence-corrected chi connectivity index (χ1v) is 5.22. The summed E-state index contributed by atoms with van der Waals surface area (Å²) in [5.74, 6) is -0.428. The molecule has 0 atom stereocenters. The number of ether oxygens (including phenoxy) is 1. The lowest BCUT2D eigenvalue weighted by molar-refractivity contribution is -0.122. The zero-order valence-corrected chi connectivity index (χ0v) is 9.77. The number of amides is 1. The maximum Gasteiger partial charge on any atom is 0.243 e. The van der Waals surface area contributed by atoms with Crippen molar-refractivity contribution in [3.8, 4) is 0 Å². The van der Waals surface area contributed by atoms with Crippen LogP contribution in [0.4, 0.5) is 5.69 Å². The number of nitrogens with two attached hydrogens (primary N) is 1. The number of nitrogens with zero attached hydrogens (tertiary/aromatic N) is 1. The van der Waals surface area contributed by atoms with Gasteiger partial charge in [-0.2, -0.15) is 0 Å². The van der Waals surface area contributed by atoms with Crippen molar-refractivity contribution in [2.24, 2.45) is 5.73 Å². The van der Waals surface area contributed by atoms with Gasteiger partial charge >= 0.3 is 0 Å². The van der Waals surface area contributed by atoms with Crippen LogP contribution < -0.4 is 10.6 Å². The third-order valence-electron chi connectivity index (χ3n) is 2.23. The lowest BCUT2D eigenvalue weighted by Gasteiger charge is -2.12. The molecule has 0 aromatic heterocycles. The van der Waals surface area contributed by atoms with Crippen molar-refractivity contribution in [3.63, 3.8) is 0 Å². The normalized spacial score (nSPS) is 10.1. The van der Waals surface area contributed by atoms with Gasteiger partial charge in [-0.15, -0.1) is 0 Å². The Bertz CT molecular complexity index is 333. The highest BCUT2D eigenvalue weighted by Crippen LogP contribution is 2.12. The molecule has 4 heteroatoms. The lowest BCUT2D eigenvalue weighted by Crippen LogP contribution is -2.18. The van der Waals surface area contributed by atoms with Crippen molar-refractivity contribution < 1.29 is 9.53 Å². The van der Waals surface area contributed by atoms with Crippen LogP contribution in [-0.2, 0) is 16.0 Å². The third-order valence-corrected chi connectivity index (χ3v) is 2.23. The molecule has 0 spiro atoms. The van der Waals surface area contributed by atoms with Gasteiger partial charge in [0.25, 0.3) is 0 Å².